The Labute approximate surface area is 132 Å². The van der Waals surface area contributed by atoms with Gasteiger partial charge in [-0.15, -0.1) is 0 Å². The molecule has 2 fully saturated rings. The van der Waals surface area contributed by atoms with Crippen LogP contribution in [0.15, 0.2) is 0 Å². The smallest absolute Gasteiger partial charge is 0.111 e. The van der Waals surface area contributed by atoms with Crippen molar-refractivity contribution < 1.29 is 45.6 Å². The second-order valence-corrected chi connectivity index (χ2v) is 6.14. The fourth-order valence-electron chi connectivity index (χ4n) is 3.14. The molecule has 9 N–H and O–H groups in total. The highest BCUT2D eigenvalue weighted by Gasteiger charge is 2.47. The number of rotatable bonds is 4. The van der Waals surface area contributed by atoms with E-state index in [-0.39, 0.29) is 6.42 Å². The first-order valence-corrected chi connectivity index (χ1v) is 7.53. The molecule has 2 saturated heterocycles. The monoisotopic (exact) mass is 339 g/mol. The van der Waals surface area contributed by atoms with E-state index in [9.17, 15) is 35.7 Å². The zero-order valence-corrected chi connectivity index (χ0v) is 12.4. The molecule has 0 aromatic carbocycles. The average Bonchev–Trinajstić information content (AvgIpc) is 2.55. The molecule has 10 heteroatoms. The van der Waals surface area contributed by atoms with Crippen LogP contribution >= 0.6 is 0 Å². The predicted octanol–water partition coefficient (Wildman–Crippen LogP) is -5.37. The predicted molar refractivity (Wildman–Crippen MR) is 74.2 cm³/mol. The highest BCUT2D eigenvalue weighted by molar-refractivity contribution is 5.01. The van der Waals surface area contributed by atoms with Gasteiger partial charge in [0.25, 0.3) is 0 Å². The fraction of sp³-hybridized carbons (Fsp3) is 1.00. The zero-order valence-electron chi connectivity index (χ0n) is 12.4. The molecule has 10 atom stereocenters. The van der Waals surface area contributed by atoms with Crippen LogP contribution in [0.2, 0.25) is 0 Å². The first kappa shape index (κ1) is 18.9. The fourth-order valence-corrected chi connectivity index (χ4v) is 3.14. The number of aliphatic hydroxyl groups excluding tert-OH is 8. The Morgan fingerprint density at radius 1 is 0.609 bits per heavy atom. The van der Waals surface area contributed by atoms with Crippen LogP contribution in [-0.2, 0) is 4.74 Å². The molecule has 0 radical (unpaired) electrons. The van der Waals surface area contributed by atoms with Crippen molar-refractivity contribution in [3.63, 3.8) is 0 Å². The number of hydrogen-bond donors (Lipinski definition) is 9. The lowest BCUT2D eigenvalue weighted by Crippen LogP contribution is -2.67. The third kappa shape index (κ3) is 3.66. The van der Waals surface area contributed by atoms with Crippen LogP contribution in [0, 0.1) is 0 Å². The van der Waals surface area contributed by atoms with Crippen LogP contribution in [0.25, 0.3) is 0 Å². The van der Waals surface area contributed by atoms with Crippen LogP contribution in [0.5, 0.6) is 0 Å². The number of piperidine rings is 1. The molecular formula is C13H25NO9. The number of aliphatic hydroxyl groups is 8. The summed E-state index contributed by atoms with van der Waals surface area (Å²) in [6, 6.07) is -1.71. The minimum absolute atomic E-state index is 0.0805. The molecule has 2 rings (SSSR count). The van der Waals surface area contributed by atoms with Crippen molar-refractivity contribution in [2.45, 2.75) is 67.3 Å². The Hall–Kier alpha value is -0.400. The first-order valence-electron chi connectivity index (χ1n) is 7.53. The van der Waals surface area contributed by atoms with E-state index >= 15 is 0 Å². The topological polar surface area (TPSA) is 183 Å². The van der Waals surface area contributed by atoms with Crippen molar-refractivity contribution >= 4 is 0 Å². The Balaban J connectivity index is 2.07. The Morgan fingerprint density at radius 3 is 1.70 bits per heavy atom. The lowest BCUT2D eigenvalue weighted by atomic mass is 9.85. The van der Waals surface area contributed by atoms with Gasteiger partial charge in [-0.05, 0) is 6.42 Å². The van der Waals surface area contributed by atoms with E-state index in [1.807, 2.05) is 0 Å². The Morgan fingerprint density at radius 2 is 1.13 bits per heavy atom. The van der Waals surface area contributed by atoms with E-state index in [1.54, 1.807) is 0 Å². The summed E-state index contributed by atoms with van der Waals surface area (Å²) >= 11 is 0. The van der Waals surface area contributed by atoms with Crippen molar-refractivity contribution in [2.75, 3.05) is 13.2 Å². The van der Waals surface area contributed by atoms with Gasteiger partial charge >= 0.3 is 0 Å². The molecule has 10 unspecified atom stereocenters. The number of ether oxygens (including phenoxy) is 1. The second-order valence-electron chi connectivity index (χ2n) is 6.14. The van der Waals surface area contributed by atoms with E-state index in [4.69, 9.17) is 9.84 Å². The van der Waals surface area contributed by atoms with Crippen LogP contribution in [0.4, 0.5) is 0 Å². The summed E-state index contributed by atoms with van der Waals surface area (Å²) in [5.41, 5.74) is 0. The van der Waals surface area contributed by atoms with Gasteiger partial charge in [0.1, 0.15) is 30.5 Å². The van der Waals surface area contributed by atoms with E-state index in [1.165, 1.54) is 0 Å². The van der Waals surface area contributed by atoms with E-state index in [0.29, 0.717) is 0 Å². The van der Waals surface area contributed by atoms with Gasteiger partial charge in [0, 0.05) is 6.04 Å². The third-order valence-electron chi connectivity index (χ3n) is 4.63. The van der Waals surface area contributed by atoms with Gasteiger partial charge in [0.15, 0.2) is 0 Å². The summed E-state index contributed by atoms with van der Waals surface area (Å²) in [6.45, 7) is -1.04. The van der Waals surface area contributed by atoms with E-state index < -0.39 is 74.1 Å². The number of hydrogen-bond acceptors (Lipinski definition) is 10. The third-order valence-corrected chi connectivity index (χ3v) is 4.63. The summed E-state index contributed by atoms with van der Waals surface area (Å²) in [7, 11) is 0. The molecule has 2 aliphatic rings. The summed E-state index contributed by atoms with van der Waals surface area (Å²) < 4.78 is 5.34. The molecular weight excluding hydrogens is 314 g/mol. The summed E-state index contributed by atoms with van der Waals surface area (Å²) in [4.78, 5) is 0. The van der Waals surface area contributed by atoms with Gasteiger partial charge in [0.05, 0.1) is 37.6 Å². The maximum atomic E-state index is 10.0. The van der Waals surface area contributed by atoms with Crippen molar-refractivity contribution in [3.8, 4) is 0 Å². The SMILES string of the molecule is OCC1NC(CC2OC(CO)C(O)C(O)C2O)C(O)C(O)C1O. The normalized spacial score (nSPS) is 51.7. The average molecular weight is 339 g/mol. The van der Waals surface area contributed by atoms with Gasteiger partial charge in [-0.1, -0.05) is 0 Å². The molecule has 23 heavy (non-hydrogen) atoms. The van der Waals surface area contributed by atoms with Gasteiger partial charge in [-0.2, -0.15) is 0 Å². The Bertz CT molecular complexity index is 348. The standard InChI is InChI=1S/C13H25NO9/c15-2-5-9(18)12(21)8(17)4(14-5)1-6-10(19)13(22)11(20)7(3-16)23-6/h4-22H,1-3H2. The van der Waals surface area contributed by atoms with E-state index in [2.05, 4.69) is 5.32 Å². The van der Waals surface area contributed by atoms with Gasteiger partial charge in [-0.3, -0.25) is 0 Å². The zero-order chi connectivity index (χ0) is 17.3. The largest absolute Gasteiger partial charge is 0.395 e. The maximum Gasteiger partial charge on any atom is 0.111 e. The summed E-state index contributed by atoms with van der Waals surface area (Å²) in [6.07, 6.45) is -10.9. The second kappa shape index (κ2) is 7.66. The lowest BCUT2D eigenvalue weighted by Gasteiger charge is -2.45. The molecule has 0 aliphatic carbocycles. The molecule has 0 spiro atoms. The van der Waals surface area contributed by atoms with E-state index in [0.717, 1.165) is 0 Å². The highest BCUT2D eigenvalue weighted by Crippen LogP contribution is 2.27. The highest BCUT2D eigenvalue weighted by atomic mass is 16.5. The van der Waals surface area contributed by atoms with Gasteiger partial charge < -0.3 is 50.9 Å². The molecule has 0 aromatic heterocycles. The summed E-state index contributed by atoms with van der Waals surface area (Å²) in [5.74, 6) is 0. The van der Waals surface area contributed by atoms with Crippen LogP contribution < -0.4 is 5.32 Å². The van der Waals surface area contributed by atoms with Gasteiger partial charge in [-0.25, -0.2) is 0 Å². The quantitative estimate of drug-likeness (QED) is 0.240. The van der Waals surface area contributed by atoms with Crippen molar-refractivity contribution in [2.24, 2.45) is 0 Å². The Kier molecular flexibility index (Phi) is 6.30. The maximum absolute atomic E-state index is 10.0. The lowest BCUT2D eigenvalue weighted by molar-refractivity contribution is -0.235. The first-order chi connectivity index (χ1) is 10.8. The minimum atomic E-state index is -1.53. The molecule has 0 aromatic rings. The van der Waals surface area contributed by atoms with Crippen molar-refractivity contribution in [3.05, 3.63) is 0 Å². The molecule has 0 bridgehead atoms. The van der Waals surface area contributed by atoms with Crippen LogP contribution in [0.1, 0.15) is 6.42 Å². The molecule has 136 valence electrons. The van der Waals surface area contributed by atoms with Crippen molar-refractivity contribution in [1.82, 2.24) is 5.32 Å². The number of nitrogens with one attached hydrogen (secondary N) is 1. The molecule has 0 amide bonds. The van der Waals surface area contributed by atoms with Crippen LogP contribution in [-0.4, -0.2) is 115 Å². The molecule has 10 nitrogen and oxygen atoms in total. The van der Waals surface area contributed by atoms with Crippen molar-refractivity contribution in [1.29, 1.82) is 0 Å². The molecule has 0 saturated carbocycles. The molecule has 2 heterocycles. The van der Waals surface area contributed by atoms with Crippen LogP contribution in [0.3, 0.4) is 0 Å². The summed E-state index contributed by atoms with van der Waals surface area (Å²) in [5, 5.41) is 80.1. The molecule has 2 aliphatic heterocycles. The van der Waals surface area contributed by atoms with Gasteiger partial charge in [0.2, 0.25) is 0 Å². The minimum Gasteiger partial charge on any atom is -0.395 e.